The third-order valence-corrected chi connectivity index (χ3v) is 10.3. The number of carbonyl (C=O) groups excluding carboxylic acids is 2. The van der Waals surface area contributed by atoms with Crippen molar-refractivity contribution in [1.82, 2.24) is 9.80 Å². The third kappa shape index (κ3) is 7.99. The van der Waals surface area contributed by atoms with Crippen molar-refractivity contribution in [2.24, 2.45) is 0 Å². The highest BCUT2D eigenvalue weighted by atomic mass is 16.5. The lowest BCUT2D eigenvalue weighted by Gasteiger charge is -2.42. The van der Waals surface area contributed by atoms with Gasteiger partial charge in [0.1, 0.15) is 0 Å². The molecule has 0 N–H and O–H groups in total. The minimum absolute atomic E-state index is 0.0198. The Morgan fingerprint density at radius 1 is 0.634 bits per heavy atom. The van der Waals surface area contributed by atoms with Gasteiger partial charge in [0, 0.05) is 24.2 Å². The van der Waals surface area contributed by atoms with Gasteiger partial charge in [-0.1, -0.05) is 89.2 Å². The smallest absolute Gasteiger partial charge is 0.263 e. The van der Waals surface area contributed by atoms with Gasteiger partial charge in [-0.2, -0.15) is 0 Å². The molecule has 228 valence electrons. The van der Waals surface area contributed by atoms with E-state index in [1.54, 1.807) is 0 Å². The SMILES string of the molecule is CC(Oc1ccccc1OCC(=O)N(C1CCCCC1)C1CCCCC1)C(=O)N(C1CCCCC1)C1CCCCC1. The fraction of sp³-hybridized carbons (Fsp3) is 0.771. The van der Waals surface area contributed by atoms with Crippen molar-refractivity contribution in [3.63, 3.8) is 0 Å². The lowest BCUT2D eigenvalue weighted by atomic mass is 9.88. The number of para-hydroxylation sites is 2. The Kier molecular flexibility index (Phi) is 11.3. The van der Waals surface area contributed by atoms with Gasteiger partial charge in [0.2, 0.25) is 0 Å². The Hall–Kier alpha value is -2.24. The molecule has 0 bridgehead atoms. The molecule has 1 aromatic carbocycles. The number of hydrogen-bond donors (Lipinski definition) is 0. The van der Waals surface area contributed by atoms with Crippen molar-refractivity contribution in [3.05, 3.63) is 24.3 Å². The summed E-state index contributed by atoms with van der Waals surface area (Å²) in [6.45, 7) is 1.91. The molecule has 1 aromatic rings. The molecule has 5 rings (SSSR count). The van der Waals surface area contributed by atoms with Gasteiger partial charge in [-0.3, -0.25) is 9.59 Å². The summed E-state index contributed by atoms with van der Waals surface area (Å²) in [6.07, 6.45) is 23.1. The molecule has 0 heterocycles. The first-order valence-electron chi connectivity index (χ1n) is 17.1. The van der Waals surface area contributed by atoms with Crippen LogP contribution in [-0.2, 0) is 9.59 Å². The molecule has 6 nitrogen and oxygen atoms in total. The van der Waals surface area contributed by atoms with Gasteiger partial charge >= 0.3 is 0 Å². The van der Waals surface area contributed by atoms with Gasteiger partial charge in [-0.15, -0.1) is 0 Å². The maximum Gasteiger partial charge on any atom is 0.263 e. The highest BCUT2D eigenvalue weighted by Gasteiger charge is 2.36. The monoisotopic (exact) mass is 566 g/mol. The summed E-state index contributed by atoms with van der Waals surface area (Å²) < 4.78 is 12.5. The maximum absolute atomic E-state index is 14.0. The van der Waals surface area contributed by atoms with Gasteiger partial charge in [-0.05, 0) is 70.4 Å². The summed E-state index contributed by atoms with van der Waals surface area (Å²) in [5, 5.41) is 0. The number of ether oxygens (including phenoxy) is 2. The van der Waals surface area contributed by atoms with Gasteiger partial charge < -0.3 is 19.3 Å². The summed E-state index contributed by atoms with van der Waals surface area (Å²) in [7, 11) is 0. The predicted octanol–water partition coefficient (Wildman–Crippen LogP) is 7.82. The van der Waals surface area contributed by atoms with Crippen LogP contribution < -0.4 is 9.47 Å². The Balaban J connectivity index is 1.24. The van der Waals surface area contributed by atoms with Crippen molar-refractivity contribution in [2.75, 3.05) is 6.61 Å². The van der Waals surface area contributed by atoms with Crippen LogP contribution in [0.2, 0.25) is 0 Å². The largest absolute Gasteiger partial charge is 0.480 e. The van der Waals surface area contributed by atoms with E-state index in [0.29, 0.717) is 35.7 Å². The van der Waals surface area contributed by atoms with Crippen molar-refractivity contribution in [1.29, 1.82) is 0 Å². The van der Waals surface area contributed by atoms with E-state index < -0.39 is 6.10 Å². The topological polar surface area (TPSA) is 59.1 Å². The van der Waals surface area contributed by atoms with Crippen LogP contribution in [0.4, 0.5) is 0 Å². The molecule has 2 amide bonds. The van der Waals surface area contributed by atoms with Crippen molar-refractivity contribution < 1.29 is 19.1 Å². The first kappa shape index (κ1) is 30.2. The second-order valence-corrected chi connectivity index (χ2v) is 13.2. The zero-order valence-corrected chi connectivity index (χ0v) is 25.6. The Morgan fingerprint density at radius 3 is 1.46 bits per heavy atom. The molecule has 0 aromatic heterocycles. The fourth-order valence-corrected chi connectivity index (χ4v) is 8.13. The lowest BCUT2D eigenvalue weighted by molar-refractivity contribution is -0.145. The number of benzene rings is 1. The van der Waals surface area contributed by atoms with E-state index in [1.807, 2.05) is 31.2 Å². The minimum Gasteiger partial charge on any atom is -0.480 e. The standard InChI is InChI=1S/C35H54N2O4/c1-27(35(39)37(30-20-10-4-11-21-30)31-22-12-5-13-23-31)41-33-25-15-14-24-32(33)40-26-34(38)36(28-16-6-2-7-17-28)29-18-8-3-9-19-29/h14-15,24-25,27-31H,2-13,16-23,26H2,1H3. The number of amides is 2. The average Bonchev–Trinajstić information content (AvgIpc) is 3.03. The maximum atomic E-state index is 14.0. The Labute approximate surface area is 248 Å². The summed E-state index contributed by atoms with van der Waals surface area (Å²) >= 11 is 0. The first-order chi connectivity index (χ1) is 20.1. The first-order valence-corrected chi connectivity index (χ1v) is 17.1. The molecule has 0 radical (unpaired) electrons. The number of rotatable bonds is 10. The van der Waals surface area contributed by atoms with Gasteiger partial charge in [0.25, 0.3) is 11.8 Å². The van der Waals surface area contributed by atoms with E-state index in [4.69, 9.17) is 9.47 Å². The van der Waals surface area contributed by atoms with Crippen molar-refractivity contribution >= 4 is 11.8 Å². The van der Waals surface area contributed by atoms with E-state index in [0.717, 1.165) is 51.4 Å². The molecule has 1 unspecified atom stereocenters. The average molecular weight is 567 g/mol. The number of hydrogen-bond acceptors (Lipinski definition) is 4. The van der Waals surface area contributed by atoms with E-state index in [9.17, 15) is 9.59 Å². The number of nitrogens with zero attached hydrogens (tertiary/aromatic N) is 2. The van der Waals surface area contributed by atoms with Gasteiger partial charge in [0.15, 0.2) is 24.2 Å². The molecule has 4 saturated carbocycles. The summed E-state index contributed by atoms with van der Waals surface area (Å²) in [5.41, 5.74) is 0. The van der Waals surface area contributed by atoms with Crippen LogP contribution in [0.5, 0.6) is 11.5 Å². The van der Waals surface area contributed by atoms with E-state index >= 15 is 0 Å². The van der Waals surface area contributed by atoms with Crippen molar-refractivity contribution in [3.8, 4) is 11.5 Å². The lowest BCUT2D eigenvalue weighted by Crippen LogP contribution is -2.52. The van der Waals surface area contributed by atoms with Crippen LogP contribution in [0.1, 0.15) is 135 Å². The third-order valence-electron chi connectivity index (χ3n) is 10.3. The van der Waals surface area contributed by atoms with Crippen LogP contribution >= 0.6 is 0 Å². The molecule has 6 heteroatoms. The van der Waals surface area contributed by atoms with Crippen LogP contribution in [0.15, 0.2) is 24.3 Å². The molecule has 4 aliphatic rings. The molecule has 0 saturated heterocycles. The Morgan fingerprint density at radius 2 is 1.02 bits per heavy atom. The zero-order valence-electron chi connectivity index (χ0n) is 25.6. The second-order valence-electron chi connectivity index (χ2n) is 13.2. The van der Waals surface area contributed by atoms with Gasteiger partial charge in [0.05, 0.1) is 0 Å². The molecule has 0 aliphatic heterocycles. The minimum atomic E-state index is -0.597. The van der Waals surface area contributed by atoms with E-state index in [2.05, 4.69) is 9.80 Å². The quantitative estimate of drug-likeness (QED) is 0.290. The fourth-order valence-electron chi connectivity index (χ4n) is 8.13. The second kappa shape index (κ2) is 15.3. The van der Waals surface area contributed by atoms with Gasteiger partial charge in [-0.25, -0.2) is 0 Å². The summed E-state index contributed by atoms with van der Waals surface area (Å²) in [5.74, 6) is 1.31. The van der Waals surface area contributed by atoms with Crippen molar-refractivity contribution in [2.45, 2.75) is 166 Å². The van der Waals surface area contributed by atoms with E-state index in [1.165, 1.54) is 77.0 Å². The van der Waals surface area contributed by atoms with Crippen LogP contribution in [0.25, 0.3) is 0 Å². The van der Waals surface area contributed by atoms with Crippen LogP contribution in [0, 0.1) is 0 Å². The van der Waals surface area contributed by atoms with Crippen LogP contribution in [0.3, 0.4) is 0 Å². The normalized spacial score (nSPS) is 22.6. The molecule has 1 atom stereocenters. The van der Waals surface area contributed by atoms with E-state index in [-0.39, 0.29) is 18.4 Å². The molecule has 0 spiro atoms. The zero-order chi connectivity index (χ0) is 28.4. The molecule has 4 aliphatic carbocycles. The highest BCUT2D eigenvalue weighted by molar-refractivity contribution is 5.82. The molecule has 41 heavy (non-hydrogen) atoms. The predicted molar refractivity (Wildman–Crippen MR) is 163 cm³/mol. The van der Waals surface area contributed by atoms with Crippen LogP contribution in [-0.4, -0.2) is 58.5 Å². The molecular formula is C35H54N2O4. The number of carbonyl (C=O) groups is 2. The summed E-state index contributed by atoms with van der Waals surface area (Å²) in [4.78, 5) is 32.1. The Bertz CT molecular complexity index is 923. The summed E-state index contributed by atoms with van der Waals surface area (Å²) in [6, 6.07) is 8.92. The molecule has 4 fully saturated rings. The molecular weight excluding hydrogens is 512 g/mol. The highest BCUT2D eigenvalue weighted by Crippen LogP contribution is 2.34.